The van der Waals surface area contributed by atoms with E-state index in [1.54, 1.807) is 6.07 Å². The number of carboxylic acid groups (broad SMARTS) is 1. The predicted molar refractivity (Wildman–Crippen MR) is 51.9 cm³/mol. The van der Waals surface area contributed by atoms with Crippen LogP contribution < -0.4 is 10.0 Å². The largest absolute Gasteiger partial charge is 0.550 e. The molecular formula is C11H9FNO3-. The molecule has 0 bridgehead atoms. The number of anilines is 1. The van der Waals surface area contributed by atoms with Crippen molar-refractivity contribution in [2.45, 2.75) is 6.42 Å². The van der Waals surface area contributed by atoms with Crippen molar-refractivity contribution in [2.75, 3.05) is 11.4 Å². The Balaban J connectivity index is 2.27. The van der Waals surface area contributed by atoms with Gasteiger partial charge in [0.25, 0.3) is 0 Å². The van der Waals surface area contributed by atoms with Crippen LogP contribution in [0.4, 0.5) is 10.1 Å². The molecule has 0 radical (unpaired) electrons. The van der Waals surface area contributed by atoms with Crippen LogP contribution in [0.2, 0.25) is 0 Å². The van der Waals surface area contributed by atoms with Gasteiger partial charge in [-0.1, -0.05) is 12.1 Å². The van der Waals surface area contributed by atoms with Crippen molar-refractivity contribution in [3.05, 3.63) is 30.1 Å². The van der Waals surface area contributed by atoms with Crippen molar-refractivity contribution in [3.8, 4) is 0 Å². The number of carbonyl (C=O) groups excluding carboxylic acids is 2. The van der Waals surface area contributed by atoms with Crippen LogP contribution in [0.25, 0.3) is 0 Å². The zero-order valence-corrected chi connectivity index (χ0v) is 8.35. The van der Waals surface area contributed by atoms with Gasteiger partial charge in [-0.3, -0.25) is 4.79 Å². The third-order valence-corrected chi connectivity index (χ3v) is 2.60. The number of hydrogen-bond acceptors (Lipinski definition) is 3. The van der Waals surface area contributed by atoms with E-state index >= 15 is 0 Å². The quantitative estimate of drug-likeness (QED) is 0.703. The van der Waals surface area contributed by atoms with Crippen LogP contribution in [0.1, 0.15) is 6.42 Å². The number of rotatable bonds is 2. The lowest BCUT2D eigenvalue weighted by molar-refractivity contribution is -0.310. The molecule has 1 heterocycles. The highest BCUT2D eigenvalue weighted by Crippen LogP contribution is 2.26. The maximum Gasteiger partial charge on any atom is 0.227 e. The van der Waals surface area contributed by atoms with E-state index in [1.165, 1.54) is 18.2 Å². The summed E-state index contributed by atoms with van der Waals surface area (Å²) in [7, 11) is 0. The maximum atomic E-state index is 13.4. The Morgan fingerprint density at radius 1 is 1.44 bits per heavy atom. The van der Waals surface area contributed by atoms with Gasteiger partial charge in [-0.25, -0.2) is 4.39 Å². The Hall–Kier alpha value is -1.91. The lowest BCUT2D eigenvalue weighted by Crippen LogP contribution is -2.33. The van der Waals surface area contributed by atoms with Gasteiger partial charge in [0.05, 0.1) is 5.69 Å². The molecule has 0 aromatic heterocycles. The van der Waals surface area contributed by atoms with Gasteiger partial charge in [0.2, 0.25) is 5.91 Å². The molecule has 0 aliphatic carbocycles. The Kier molecular flexibility index (Phi) is 2.60. The number of nitrogens with zero attached hydrogens (tertiary/aromatic N) is 1. The number of benzene rings is 1. The average molecular weight is 222 g/mol. The van der Waals surface area contributed by atoms with Gasteiger partial charge >= 0.3 is 0 Å². The molecular weight excluding hydrogens is 213 g/mol. The van der Waals surface area contributed by atoms with Gasteiger partial charge < -0.3 is 14.8 Å². The number of amides is 1. The fraction of sp³-hybridized carbons (Fsp3) is 0.273. The molecule has 1 aromatic carbocycles. The molecule has 1 amide bonds. The summed E-state index contributed by atoms with van der Waals surface area (Å²) in [4.78, 5) is 23.3. The number of para-hydroxylation sites is 1. The van der Waals surface area contributed by atoms with Gasteiger partial charge in [0.15, 0.2) is 0 Å². The number of carboxylic acids is 1. The van der Waals surface area contributed by atoms with Gasteiger partial charge in [0.1, 0.15) is 5.82 Å². The van der Waals surface area contributed by atoms with Crippen molar-refractivity contribution >= 4 is 17.6 Å². The van der Waals surface area contributed by atoms with Crippen LogP contribution in [0.15, 0.2) is 24.3 Å². The molecule has 1 aliphatic heterocycles. The molecule has 16 heavy (non-hydrogen) atoms. The van der Waals surface area contributed by atoms with Crippen LogP contribution in [0.5, 0.6) is 0 Å². The van der Waals surface area contributed by atoms with Gasteiger partial charge in [-0.2, -0.15) is 0 Å². The fourth-order valence-electron chi connectivity index (χ4n) is 1.77. The summed E-state index contributed by atoms with van der Waals surface area (Å²) in [6.45, 7) is -0.0257. The monoisotopic (exact) mass is 222 g/mol. The fourth-order valence-corrected chi connectivity index (χ4v) is 1.77. The summed E-state index contributed by atoms with van der Waals surface area (Å²) in [5.74, 6) is -3.05. The minimum atomic E-state index is -1.27. The van der Waals surface area contributed by atoms with Crippen molar-refractivity contribution in [2.24, 2.45) is 5.92 Å². The molecule has 0 unspecified atom stereocenters. The van der Waals surface area contributed by atoms with E-state index in [-0.39, 0.29) is 24.6 Å². The van der Waals surface area contributed by atoms with E-state index in [4.69, 9.17) is 0 Å². The summed E-state index contributed by atoms with van der Waals surface area (Å²) < 4.78 is 13.4. The minimum absolute atomic E-state index is 0.0257. The molecule has 1 fully saturated rings. The second kappa shape index (κ2) is 3.92. The molecule has 1 atom stereocenters. The van der Waals surface area contributed by atoms with Gasteiger partial charge in [-0.05, 0) is 12.1 Å². The van der Waals surface area contributed by atoms with Gasteiger partial charge in [0, 0.05) is 24.9 Å². The van der Waals surface area contributed by atoms with E-state index in [9.17, 15) is 19.1 Å². The van der Waals surface area contributed by atoms with Crippen molar-refractivity contribution in [1.82, 2.24) is 0 Å². The first-order valence-corrected chi connectivity index (χ1v) is 4.85. The smallest absolute Gasteiger partial charge is 0.227 e. The summed E-state index contributed by atoms with van der Waals surface area (Å²) in [6.07, 6.45) is -0.128. The summed E-state index contributed by atoms with van der Waals surface area (Å²) >= 11 is 0. The number of aliphatic carboxylic acids is 1. The number of hydrogen-bond donors (Lipinski definition) is 0. The van der Waals surface area contributed by atoms with Crippen molar-refractivity contribution in [1.29, 1.82) is 0 Å². The molecule has 0 spiro atoms. The second-order valence-electron chi connectivity index (χ2n) is 3.68. The highest BCUT2D eigenvalue weighted by molar-refractivity contribution is 5.99. The normalized spacial score (nSPS) is 20.2. The van der Waals surface area contributed by atoms with Crippen LogP contribution in [0.3, 0.4) is 0 Å². The molecule has 2 rings (SSSR count). The maximum absolute atomic E-state index is 13.4. The van der Waals surface area contributed by atoms with E-state index in [1.807, 2.05) is 0 Å². The molecule has 1 aromatic rings. The van der Waals surface area contributed by atoms with Crippen molar-refractivity contribution < 1.29 is 19.1 Å². The summed E-state index contributed by atoms with van der Waals surface area (Å²) in [5.41, 5.74) is 0.122. The predicted octanol–water partition coefficient (Wildman–Crippen LogP) is -0.0715. The molecule has 0 saturated carbocycles. The zero-order valence-electron chi connectivity index (χ0n) is 8.35. The summed E-state index contributed by atoms with van der Waals surface area (Å²) in [6, 6.07) is 5.79. The lowest BCUT2D eigenvalue weighted by Gasteiger charge is -2.17. The summed E-state index contributed by atoms with van der Waals surface area (Å²) in [5, 5.41) is 10.6. The van der Waals surface area contributed by atoms with Crippen molar-refractivity contribution in [3.63, 3.8) is 0 Å². The van der Waals surface area contributed by atoms with Crippen LogP contribution in [-0.4, -0.2) is 18.4 Å². The third kappa shape index (κ3) is 1.76. The molecule has 1 saturated heterocycles. The Morgan fingerprint density at radius 3 is 2.69 bits per heavy atom. The molecule has 5 heteroatoms. The van der Waals surface area contributed by atoms with Crippen LogP contribution in [0, 0.1) is 11.7 Å². The minimum Gasteiger partial charge on any atom is -0.550 e. The first-order valence-electron chi connectivity index (χ1n) is 4.85. The molecule has 4 nitrogen and oxygen atoms in total. The Morgan fingerprint density at radius 2 is 2.12 bits per heavy atom. The molecule has 84 valence electrons. The number of carbonyl (C=O) groups is 2. The van der Waals surface area contributed by atoms with Crippen LogP contribution in [-0.2, 0) is 9.59 Å². The van der Waals surface area contributed by atoms with E-state index in [0.717, 1.165) is 4.90 Å². The van der Waals surface area contributed by atoms with E-state index in [2.05, 4.69) is 0 Å². The van der Waals surface area contributed by atoms with Gasteiger partial charge in [-0.15, -0.1) is 0 Å². The van der Waals surface area contributed by atoms with E-state index in [0.29, 0.717) is 0 Å². The zero-order chi connectivity index (χ0) is 11.7. The average Bonchev–Trinajstić information content (AvgIpc) is 2.61. The molecule has 1 aliphatic rings. The third-order valence-electron chi connectivity index (χ3n) is 2.60. The Bertz CT molecular complexity index is 447. The number of halogens is 1. The first-order chi connectivity index (χ1) is 7.59. The highest BCUT2D eigenvalue weighted by atomic mass is 19.1. The van der Waals surface area contributed by atoms with E-state index < -0.39 is 17.7 Å². The Labute approximate surface area is 91.3 Å². The first kappa shape index (κ1) is 10.6. The highest BCUT2D eigenvalue weighted by Gasteiger charge is 2.32. The van der Waals surface area contributed by atoms with Crippen LogP contribution >= 0.6 is 0 Å². The topological polar surface area (TPSA) is 60.4 Å². The second-order valence-corrected chi connectivity index (χ2v) is 3.68. The molecule has 0 N–H and O–H groups in total. The SMILES string of the molecule is O=C([O-])[C@H]1CC(=O)N(c2ccccc2F)C1. The lowest BCUT2D eigenvalue weighted by atomic mass is 10.1. The standard InChI is InChI=1S/C11H10FNO3/c12-8-3-1-2-4-9(8)13-6-7(11(15)16)5-10(13)14/h1-4,7H,5-6H2,(H,15,16)/p-1/t7-/m0/s1.